The van der Waals surface area contributed by atoms with Crippen LogP contribution in [0.4, 0.5) is 11.4 Å². The van der Waals surface area contributed by atoms with Crippen molar-refractivity contribution in [2.75, 3.05) is 38.5 Å². The fraction of sp³-hybridized carbons (Fsp3) is 0.395. The molecule has 1 atom stereocenters. The number of aromatic nitrogens is 1. The summed E-state index contributed by atoms with van der Waals surface area (Å²) in [6.07, 6.45) is 6.06. The molecule has 5 rings (SSSR count). The van der Waals surface area contributed by atoms with Crippen LogP contribution in [0.3, 0.4) is 0 Å². The van der Waals surface area contributed by atoms with Gasteiger partial charge in [-0.15, -0.1) is 0 Å². The number of benzene rings is 2. The number of carbonyl (C=O) groups is 2. The van der Waals surface area contributed by atoms with Crippen molar-refractivity contribution in [3.63, 3.8) is 0 Å². The monoisotopic (exact) mass is 654 g/mol. The lowest BCUT2D eigenvalue weighted by molar-refractivity contribution is -0.119. The summed E-state index contributed by atoms with van der Waals surface area (Å²) in [6.45, 7) is 6.33. The maximum Gasteiger partial charge on any atom is 0.224 e. The van der Waals surface area contributed by atoms with E-state index in [9.17, 15) is 14.4 Å². The maximum atomic E-state index is 13.5. The highest BCUT2D eigenvalue weighted by molar-refractivity contribution is 6.01. The third-order valence-electron chi connectivity index (χ3n) is 8.91. The van der Waals surface area contributed by atoms with Gasteiger partial charge in [0.05, 0.1) is 44.3 Å². The normalized spacial score (nSPS) is 13.7. The second kappa shape index (κ2) is 15.3. The van der Waals surface area contributed by atoms with Gasteiger partial charge >= 0.3 is 0 Å². The molecule has 48 heavy (non-hydrogen) atoms. The maximum absolute atomic E-state index is 13.5. The molecule has 0 bridgehead atoms. The molecule has 0 saturated carbocycles. The first-order valence-corrected chi connectivity index (χ1v) is 16.6. The van der Waals surface area contributed by atoms with E-state index in [0.717, 1.165) is 58.1 Å². The van der Waals surface area contributed by atoms with E-state index in [-0.39, 0.29) is 23.3 Å². The van der Waals surface area contributed by atoms with Gasteiger partial charge in [-0.05, 0) is 92.6 Å². The van der Waals surface area contributed by atoms with Gasteiger partial charge in [0.15, 0.2) is 11.5 Å². The molecule has 0 fully saturated rings. The highest BCUT2D eigenvalue weighted by atomic mass is 16.5. The highest BCUT2D eigenvalue weighted by Crippen LogP contribution is 2.50. The van der Waals surface area contributed by atoms with Crippen LogP contribution in [0.1, 0.15) is 76.1 Å². The van der Waals surface area contributed by atoms with Gasteiger partial charge in [0.2, 0.25) is 23.0 Å². The van der Waals surface area contributed by atoms with Crippen molar-refractivity contribution in [1.29, 1.82) is 0 Å². The molecule has 0 spiro atoms. The Morgan fingerprint density at radius 1 is 0.938 bits per heavy atom. The number of nitrogens with one attached hydrogen (secondary N) is 3. The van der Waals surface area contributed by atoms with Crippen molar-refractivity contribution in [3.8, 4) is 28.4 Å². The topological polar surface area (TPSA) is 120 Å². The highest BCUT2D eigenvalue weighted by Gasteiger charge is 2.29. The summed E-state index contributed by atoms with van der Waals surface area (Å²) in [7, 11) is 4.72. The van der Waals surface area contributed by atoms with Crippen LogP contribution in [0.25, 0.3) is 22.0 Å². The Morgan fingerprint density at radius 2 is 1.73 bits per heavy atom. The van der Waals surface area contributed by atoms with Crippen LogP contribution < -0.4 is 35.6 Å². The Balaban J connectivity index is 1.27. The third kappa shape index (κ3) is 7.27. The van der Waals surface area contributed by atoms with E-state index in [1.165, 1.54) is 6.92 Å². The molecule has 1 aromatic heterocycles. The molecule has 3 N–H and O–H groups in total. The smallest absolute Gasteiger partial charge is 0.224 e. The second-order valence-electron chi connectivity index (χ2n) is 12.4. The zero-order chi connectivity index (χ0) is 34.4. The number of aryl methyl sites for hydroxylation is 1. The van der Waals surface area contributed by atoms with Gasteiger partial charge < -0.3 is 34.7 Å². The van der Waals surface area contributed by atoms with Crippen LogP contribution in [0.5, 0.6) is 17.2 Å². The lowest BCUT2D eigenvalue weighted by atomic mass is 9.95. The van der Waals surface area contributed by atoms with Gasteiger partial charge in [-0.3, -0.25) is 14.4 Å². The molecule has 10 nitrogen and oxygen atoms in total. The van der Waals surface area contributed by atoms with Crippen LogP contribution in [-0.2, 0) is 16.0 Å². The van der Waals surface area contributed by atoms with Crippen LogP contribution in [0.2, 0.25) is 0 Å². The largest absolute Gasteiger partial charge is 0.493 e. The van der Waals surface area contributed by atoms with E-state index in [0.29, 0.717) is 54.8 Å². The Hall–Kier alpha value is -4.99. The lowest BCUT2D eigenvalue weighted by Gasteiger charge is -2.19. The van der Waals surface area contributed by atoms with Crippen LogP contribution in [-0.4, -0.2) is 44.3 Å². The van der Waals surface area contributed by atoms with Gasteiger partial charge in [0.1, 0.15) is 0 Å². The summed E-state index contributed by atoms with van der Waals surface area (Å²) in [5, 5.41) is 10.5. The summed E-state index contributed by atoms with van der Waals surface area (Å²) in [5.74, 6) is 1.35. The molecule has 10 heteroatoms. The fourth-order valence-corrected chi connectivity index (χ4v) is 6.62. The number of ether oxygens (including phenoxy) is 3. The predicted molar refractivity (Wildman–Crippen MR) is 191 cm³/mol. The van der Waals surface area contributed by atoms with E-state index >= 15 is 0 Å². The first kappa shape index (κ1) is 34.3. The molecule has 1 aliphatic carbocycles. The number of rotatable bonds is 13. The molecule has 0 saturated heterocycles. The van der Waals surface area contributed by atoms with Crippen LogP contribution >= 0.6 is 0 Å². The summed E-state index contributed by atoms with van der Waals surface area (Å²) in [4.78, 5) is 38.5. The Kier molecular flexibility index (Phi) is 10.9. The van der Waals surface area contributed by atoms with Crippen molar-refractivity contribution in [2.24, 2.45) is 0 Å². The molecule has 1 aliphatic rings. The summed E-state index contributed by atoms with van der Waals surface area (Å²) in [6, 6.07) is 15.2. The summed E-state index contributed by atoms with van der Waals surface area (Å²) in [5.41, 5.74) is 5.51. The van der Waals surface area contributed by atoms with E-state index in [4.69, 9.17) is 14.2 Å². The molecule has 4 aromatic rings. The summed E-state index contributed by atoms with van der Waals surface area (Å²) >= 11 is 0. The minimum Gasteiger partial charge on any atom is -0.493 e. The number of nitrogens with zero attached hydrogens (tertiary/aromatic N) is 1. The quantitative estimate of drug-likeness (QED) is 0.133. The third-order valence-corrected chi connectivity index (χ3v) is 8.91. The summed E-state index contributed by atoms with van der Waals surface area (Å²) < 4.78 is 19.3. The van der Waals surface area contributed by atoms with Crippen molar-refractivity contribution >= 4 is 34.1 Å². The van der Waals surface area contributed by atoms with Crippen molar-refractivity contribution in [3.05, 3.63) is 76.1 Å². The molecular weight excluding hydrogens is 608 g/mol. The molecular formula is C38H46N4O6. The van der Waals surface area contributed by atoms with Crippen LogP contribution in [0, 0.1) is 0 Å². The molecule has 3 aromatic carbocycles. The van der Waals surface area contributed by atoms with Crippen molar-refractivity contribution in [2.45, 2.75) is 71.4 Å². The van der Waals surface area contributed by atoms with Crippen molar-refractivity contribution < 1.29 is 23.8 Å². The average molecular weight is 655 g/mol. The number of fused-ring (bicyclic) bond motifs is 4. The molecule has 0 aliphatic heterocycles. The zero-order valence-corrected chi connectivity index (χ0v) is 28.7. The lowest BCUT2D eigenvalue weighted by Crippen LogP contribution is -2.26. The molecule has 254 valence electrons. The van der Waals surface area contributed by atoms with E-state index in [2.05, 4.69) is 46.6 Å². The molecule has 0 radical (unpaired) electrons. The van der Waals surface area contributed by atoms with Gasteiger partial charge in [-0.2, -0.15) is 0 Å². The number of hydrogen-bond acceptors (Lipinski definition) is 7. The van der Waals surface area contributed by atoms with E-state index in [1.54, 1.807) is 33.5 Å². The van der Waals surface area contributed by atoms with Crippen LogP contribution in [0.15, 0.2) is 59.5 Å². The van der Waals surface area contributed by atoms with E-state index < -0.39 is 0 Å². The van der Waals surface area contributed by atoms with Gasteiger partial charge in [0.25, 0.3) is 0 Å². The number of methoxy groups -OCH3 is 3. The number of hydrogen-bond donors (Lipinski definition) is 3. The first-order chi connectivity index (χ1) is 23.2. The second-order valence-corrected chi connectivity index (χ2v) is 12.4. The average Bonchev–Trinajstić information content (AvgIpc) is 3.38. The Labute approximate surface area is 281 Å². The SMILES string of the molecule is COc1cc2c(c(OC)c1OC)-c1ccc(NCCCCCC(=O)Nc3cccc4c3ccn4C(C)C)c(=O)cc1C(NC(C)=O)CC2. The minimum atomic E-state index is -0.368. The van der Waals surface area contributed by atoms with E-state index in [1.807, 2.05) is 30.3 Å². The zero-order valence-electron chi connectivity index (χ0n) is 28.7. The fourth-order valence-electron chi connectivity index (χ4n) is 6.62. The van der Waals surface area contributed by atoms with Gasteiger partial charge in [-0.1, -0.05) is 18.6 Å². The Morgan fingerprint density at radius 3 is 2.44 bits per heavy atom. The number of carbonyl (C=O) groups excluding carboxylic acids is 2. The van der Waals surface area contributed by atoms with Crippen molar-refractivity contribution in [1.82, 2.24) is 9.88 Å². The number of amides is 2. The Bertz CT molecular complexity index is 1860. The minimum absolute atomic E-state index is 0.00938. The van der Waals surface area contributed by atoms with Gasteiger partial charge in [0, 0.05) is 43.1 Å². The first-order valence-electron chi connectivity index (χ1n) is 16.6. The number of unbranched alkanes of at least 4 members (excludes halogenated alkanes) is 2. The predicted octanol–water partition coefficient (Wildman–Crippen LogP) is 7.01. The molecule has 1 heterocycles. The van der Waals surface area contributed by atoms with Gasteiger partial charge in [-0.25, -0.2) is 0 Å². The standard InChI is InChI=1S/C38H46N4O6/c1-23(2)42-20-18-27-29(11-10-12-32(27)42)41-35(45)13-8-7-9-19-39-31-17-15-26-28(22-33(31)44)30(40-24(3)43)16-14-25-21-34(46-4)37(47-5)38(48-6)36(25)26/h10-12,15,17-18,20-23,30H,7-9,13-14,16,19H2,1-6H3,(H,39,44)(H,40,43)(H,41,45). The number of anilines is 2. The molecule has 1 unspecified atom stereocenters. The molecule has 2 amide bonds.